The Kier molecular flexibility index (Phi) is 4.79. The van der Waals surface area contributed by atoms with Crippen molar-refractivity contribution in [1.82, 2.24) is 9.62 Å². The molecular weight excluding hydrogens is 352 g/mol. The first-order chi connectivity index (χ1) is 12.5. The zero-order valence-corrected chi connectivity index (χ0v) is 15.7. The molecule has 1 N–H and O–H groups in total. The maximum absolute atomic E-state index is 13.1. The Morgan fingerprint density at radius 2 is 1.88 bits per heavy atom. The van der Waals surface area contributed by atoms with Crippen LogP contribution in [0.25, 0.3) is 0 Å². The van der Waals surface area contributed by atoms with E-state index in [1.807, 2.05) is 0 Å². The van der Waals surface area contributed by atoms with Gasteiger partial charge in [0.05, 0.1) is 10.8 Å². The molecule has 2 saturated heterocycles. The molecule has 142 valence electrons. The number of hydrogen-bond donors (Lipinski definition) is 1. The highest BCUT2D eigenvalue weighted by atomic mass is 32.2. The topological polar surface area (TPSA) is 75.7 Å². The number of rotatable bonds is 5. The lowest BCUT2D eigenvalue weighted by Crippen LogP contribution is -2.44. The van der Waals surface area contributed by atoms with Gasteiger partial charge in [-0.25, -0.2) is 8.42 Å². The Balaban J connectivity index is 1.57. The van der Waals surface area contributed by atoms with E-state index in [9.17, 15) is 13.2 Å². The van der Waals surface area contributed by atoms with Gasteiger partial charge in [-0.15, -0.1) is 0 Å². The molecule has 1 aliphatic carbocycles. The van der Waals surface area contributed by atoms with E-state index in [2.05, 4.69) is 5.32 Å². The van der Waals surface area contributed by atoms with E-state index in [-0.39, 0.29) is 23.8 Å². The van der Waals surface area contributed by atoms with Crippen LogP contribution >= 0.6 is 0 Å². The summed E-state index contributed by atoms with van der Waals surface area (Å²) in [6, 6.07) is 8.50. The largest absolute Gasteiger partial charge is 0.381 e. The molecule has 0 aromatic heterocycles. The van der Waals surface area contributed by atoms with Crippen molar-refractivity contribution in [3.63, 3.8) is 0 Å². The summed E-state index contributed by atoms with van der Waals surface area (Å²) in [7, 11) is -3.59. The predicted octanol–water partition coefficient (Wildman–Crippen LogP) is 1.63. The summed E-state index contributed by atoms with van der Waals surface area (Å²) in [5, 5.41) is 3.07. The second-order valence-electron chi connectivity index (χ2n) is 7.83. The van der Waals surface area contributed by atoms with Gasteiger partial charge in [0, 0.05) is 38.3 Å². The fourth-order valence-electron chi connectivity index (χ4n) is 4.18. The third kappa shape index (κ3) is 3.40. The molecular formula is C19H26N2O4S. The molecule has 1 aromatic rings. The molecule has 1 amide bonds. The van der Waals surface area contributed by atoms with E-state index in [1.54, 1.807) is 30.3 Å². The smallest absolute Gasteiger partial charge is 0.243 e. The average molecular weight is 378 g/mol. The number of carbonyl (C=O) groups excluding carboxylic acids is 1. The maximum atomic E-state index is 13.1. The van der Waals surface area contributed by atoms with Crippen molar-refractivity contribution in [2.24, 2.45) is 17.3 Å². The molecule has 0 bridgehead atoms. The van der Waals surface area contributed by atoms with Crippen molar-refractivity contribution < 1.29 is 17.9 Å². The molecule has 26 heavy (non-hydrogen) atoms. The standard InChI is InChI=1S/C19H26N2O4S/c22-18(20-12-15-6-7-15)17-13-21(14-19(17)8-10-25-11-9-19)26(23,24)16-4-2-1-3-5-16/h1-5,15,17H,6-14H2,(H,20,22)/t17-/m1/s1. The van der Waals surface area contributed by atoms with Crippen molar-refractivity contribution in [2.45, 2.75) is 30.6 Å². The van der Waals surface area contributed by atoms with Gasteiger partial charge in [0.1, 0.15) is 0 Å². The van der Waals surface area contributed by atoms with E-state index < -0.39 is 10.0 Å². The minimum Gasteiger partial charge on any atom is -0.381 e. The van der Waals surface area contributed by atoms with Crippen LogP contribution in [0.1, 0.15) is 25.7 Å². The summed E-state index contributed by atoms with van der Waals surface area (Å²) in [6.07, 6.45) is 3.82. The molecule has 0 radical (unpaired) electrons. The fourth-order valence-corrected chi connectivity index (χ4v) is 5.76. The number of nitrogens with zero attached hydrogens (tertiary/aromatic N) is 1. The fraction of sp³-hybridized carbons (Fsp3) is 0.632. The Morgan fingerprint density at radius 3 is 2.54 bits per heavy atom. The van der Waals surface area contributed by atoms with E-state index in [1.165, 1.54) is 17.1 Å². The Hall–Kier alpha value is -1.44. The lowest BCUT2D eigenvalue weighted by molar-refractivity contribution is -0.129. The molecule has 6 nitrogen and oxygen atoms in total. The highest BCUT2D eigenvalue weighted by molar-refractivity contribution is 7.89. The van der Waals surface area contributed by atoms with Gasteiger partial charge in [-0.2, -0.15) is 4.31 Å². The van der Waals surface area contributed by atoms with E-state index in [0.717, 1.165) is 12.8 Å². The quantitative estimate of drug-likeness (QED) is 0.845. The van der Waals surface area contributed by atoms with Gasteiger partial charge in [0.2, 0.25) is 15.9 Å². The first kappa shape index (κ1) is 17.9. The van der Waals surface area contributed by atoms with E-state index in [4.69, 9.17) is 4.74 Å². The van der Waals surface area contributed by atoms with Crippen LogP contribution in [-0.2, 0) is 19.6 Å². The maximum Gasteiger partial charge on any atom is 0.243 e. The van der Waals surface area contributed by atoms with Crippen LogP contribution in [0.15, 0.2) is 35.2 Å². The number of carbonyl (C=O) groups is 1. The lowest BCUT2D eigenvalue weighted by atomic mass is 9.72. The highest BCUT2D eigenvalue weighted by Gasteiger charge is 2.53. The van der Waals surface area contributed by atoms with E-state index in [0.29, 0.717) is 37.1 Å². The van der Waals surface area contributed by atoms with Gasteiger partial charge in [-0.05, 0) is 43.7 Å². The minimum absolute atomic E-state index is 0.00422. The number of hydrogen-bond acceptors (Lipinski definition) is 4. The summed E-state index contributed by atoms with van der Waals surface area (Å²) in [4.78, 5) is 13.2. The third-order valence-corrected chi connectivity index (χ3v) is 7.89. The van der Waals surface area contributed by atoms with Crippen molar-refractivity contribution in [2.75, 3.05) is 32.8 Å². The summed E-state index contributed by atoms with van der Waals surface area (Å²) in [5.74, 6) is 0.309. The molecule has 2 aliphatic heterocycles. The molecule has 1 atom stereocenters. The number of benzene rings is 1. The van der Waals surface area contributed by atoms with E-state index >= 15 is 0 Å². The Bertz CT molecular complexity index is 755. The summed E-state index contributed by atoms with van der Waals surface area (Å²) in [5.41, 5.74) is -0.312. The molecule has 3 fully saturated rings. The average Bonchev–Trinajstić information content (AvgIpc) is 3.42. The van der Waals surface area contributed by atoms with Gasteiger partial charge in [0.25, 0.3) is 0 Å². The number of ether oxygens (including phenoxy) is 1. The SMILES string of the molecule is O=C(NCC1CC1)[C@H]1CN(S(=O)(=O)c2ccccc2)CC12CCOCC2. The Morgan fingerprint density at radius 1 is 1.19 bits per heavy atom. The summed E-state index contributed by atoms with van der Waals surface area (Å²) in [6.45, 7) is 2.55. The van der Waals surface area contributed by atoms with Crippen molar-refractivity contribution in [3.05, 3.63) is 30.3 Å². The van der Waals surface area contributed by atoms with Gasteiger partial charge in [0.15, 0.2) is 0 Å². The summed E-state index contributed by atoms with van der Waals surface area (Å²) >= 11 is 0. The van der Waals surface area contributed by atoms with Crippen molar-refractivity contribution >= 4 is 15.9 Å². The first-order valence-electron chi connectivity index (χ1n) is 9.42. The highest BCUT2D eigenvalue weighted by Crippen LogP contribution is 2.46. The van der Waals surface area contributed by atoms with Crippen LogP contribution in [-0.4, -0.2) is 51.5 Å². The molecule has 0 unspecified atom stereocenters. The van der Waals surface area contributed by atoms with Gasteiger partial charge >= 0.3 is 0 Å². The van der Waals surface area contributed by atoms with Crippen molar-refractivity contribution in [3.8, 4) is 0 Å². The minimum atomic E-state index is -3.59. The number of sulfonamides is 1. The summed E-state index contributed by atoms with van der Waals surface area (Å²) < 4.78 is 33.1. The zero-order chi connectivity index (χ0) is 18.2. The molecule has 3 aliphatic rings. The number of amides is 1. The molecule has 4 rings (SSSR count). The molecule has 1 spiro atoms. The Labute approximate surface area is 155 Å². The number of nitrogens with one attached hydrogen (secondary N) is 1. The second kappa shape index (κ2) is 6.94. The molecule has 1 saturated carbocycles. The normalized spacial score (nSPS) is 26.1. The van der Waals surface area contributed by atoms with Crippen LogP contribution in [0.5, 0.6) is 0 Å². The van der Waals surface area contributed by atoms with Gasteiger partial charge in [-0.3, -0.25) is 4.79 Å². The predicted molar refractivity (Wildman–Crippen MR) is 96.9 cm³/mol. The van der Waals surface area contributed by atoms with Gasteiger partial charge in [-0.1, -0.05) is 18.2 Å². The monoisotopic (exact) mass is 378 g/mol. The molecule has 2 heterocycles. The van der Waals surface area contributed by atoms with Gasteiger partial charge < -0.3 is 10.1 Å². The van der Waals surface area contributed by atoms with Crippen LogP contribution in [0.3, 0.4) is 0 Å². The second-order valence-corrected chi connectivity index (χ2v) is 9.76. The zero-order valence-electron chi connectivity index (χ0n) is 14.9. The molecule has 1 aromatic carbocycles. The van der Waals surface area contributed by atoms with Crippen LogP contribution < -0.4 is 5.32 Å². The first-order valence-corrected chi connectivity index (χ1v) is 10.9. The van der Waals surface area contributed by atoms with Crippen molar-refractivity contribution in [1.29, 1.82) is 0 Å². The third-order valence-electron chi connectivity index (χ3n) is 6.06. The lowest BCUT2D eigenvalue weighted by Gasteiger charge is -2.37. The van der Waals surface area contributed by atoms with Crippen LogP contribution in [0.2, 0.25) is 0 Å². The van der Waals surface area contributed by atoms with Crippen LogP contribution in [0.4, 0.5) is 0 Å². The molecule has 7 heteroatoms. The van der Waals surface area contributed by atoms with Crippen LogP contribution in [0, 0.1) is 17.3 Å².